The molecule has 134 valence electrons. The maximum atomic E-state index is 12.1. The average Bonchev–Trinajstić information content (AvgIpc) is 3.05. The van der Waals surface area contributed by atoms with Gasteiger partial charge in [0.2, 0.25) is 5.91 Å². The van der Waals surface area contributed by atoms with E-state index in [1.165, 1.54) is 17.3 Å². The number of hydrogen-bond acceptors (Lipinski definition) is 5. The first-order valence-electron chi connectivity index (χ1n) is 8.11. The number of hydrogen-bond donors (Lipinski definition) is 1. The van der Waals surface area contributed by atoms with Crippen molar-refractivity contribution in [1.29, 1.82) is 0 Å². The molecule has 0 aliphatic carbocycles. The molecule has 0 unspecified atom stereocenters. The van der Waals surface area contributed by atoms with E-state index in [1.54, 1.807) is 12.3 Å². The number of carbonyl (C=O) groups excluding carboxylic acids is 1. The van der Waals surface area contributed by atoms with Crippen molar-refractivity contribution in [3.63, 3.8) is 0 Å². The van der Waals surface area contributed by atoms with Crippen molar-refractivity contribution in [3.8, 4) is 11.4 Å². The number of pyridine rings is 1. The van der Waals surface area contributed by atoms with Crippen LogP contribution in [0.3, 0.4) is 0 Å². The van der Waals surface area contributed by atoms with E-state index in [4.69, 9.17) is 0 Å². The Labute approximate surface area is 164 Å². The summed E-state index contributed by atoms with van der Waals surface area (Å²) >= 11 is 4.68. The second kappa shape index (κ2) is 8.46. The molecule has 3 aromatic rings. The van der Waals surface area contributed by atoms with Crippen LogP contribution in [0, 0.1) is 6.92 Å². The third-order valence-electron chi connectivity index (χ3n) is 3.67. The van der Waals surface area contributed by atoms with Gasteiger partial charge in [0.05, 0.1) is 5.75 Å². The molecule has 26 heavy (non-hydrogen) atoms. The summed E-state index contributed by atoms with van der Waals surface area (Å²) in [6.45, 7) is 4.82. The number of halogens is 1. The first-order chi connectivity index (χ1) is 12.6. The highest BCUT2D eigenvalue weighted by atomic mass is 79.9. The van der Waals surface area contributed by atoms with Crippen LogP contribution in [0.5, 0.6) is 0 Å². The van der Waals surface area contributed by atoms with Crippen molar-refractivity contribution in [1.82, 2.24) is 19.7 Å². The maximum Gasteiger partial charge on any atom is 0.236 e. The molecule has 0 radical (unpaired) electrons. The smallest absolute Gasteiger partial charge is 0.236 e. The highest BCUT2D eigenvalue weighted by Crippen LogP contribution is 2.24. The lowest BCUT2D eigenvalue weighted by Gasteiger charge is -2.08. The molecule has 0 bridgehead atoms. The molecule has 6 nitrogen and oxygen atoms in total. The SMILES string of the molecule is CCn1c(SCC(=O)Nc2ccc(Br)cn2)nnc1-c1ccc(C)cc1. The van der Waals surface area contributed by atoms with Crippen LogP contribution in [0.1, 0.15) is 12.5 Å². The molecule has 1 amide bonds. The van der Waals surface area contributed by atoms with Gasteiger partial charge in [-0.1, -0.05) is 41.6 Å². The molecule has 0 aliphatic rings. The van der Waals surface area contributed by atoms with E-state index < -0.39 is 0 Å². The van der Waals surface area contributed by atoms with E-state index in [-0.39, 0.29) is 11.7 Å². The Kier molecular flexibility index (Phi) is 6.05. The van der Waals surface area contributed by atoms with Crippen molar-refractivity contribution in [2.75, 3.05) is 11.1 Å². The van der Waals surface area contributed by atoms with Crippen LogP contribution >= 0.6 is 27.7 Å². The van der Waals surface area contributed by atoms with Crippen molar-refractivity contribution in [2.24, 2.45) is 0 Å². The predicted molar refractivity (Wildman–Crippen MR) is 107 cm³/mol. The number of rotatable bonds is 6. The minimum atomic E-state index is -0.132. The average molecular weight is 432 g/mol. The lowest BCUT2D eigenvalue weighted by Crippen LogP contribution is -2.15. The Morgan fingerprint density at radius 2 is 1.96 bits per heavy atom. The van der Waals surface area contributed by atoms with E-state index in [9.17, 15) is 4.79 Å². The highest BCUT2D eigenvalue weighted by molar-refractivity contribution is 9.10. The fraction of sp³-hybridized carbons (Fsp3) is 0.222. The third kappa shape index (κ3) is 4.50. The first kappa shape index (κ1) is 18.6. The monoisotopic (exact) mass is 431 g/mol. The van der Waals surface area contributed by atoms with Crippen LogP contribution < -0.4 is 5.32 Å². The minimum absolute atomic E-state index is 0.132. The van der Waals surface area contributed by atoms with Crippen molar-refractivity contribution < 1.29 is 4.79 Å². The number of aryl methyl sites for hydroxylation is 1. The van der Waals surface area contributed by atoms with Crippen molar-refractivity contribution in [2.45, 2.75) is 25.5 Å². The van der Waals surface area contributed by atoms with E-state index >= 15 is 0 Å². The summed E-state index contributed by atoms with van der Waals surface area (Å²) in [4.78, 5) is 16.3. The Balaban J connectivity index is 1.67. The molecule has 0 saturated carbocycles. The van der Waals surface area contributed by atoms with Gasteiger partial charge in [-0.2, -0.15) is 0 Å². The van der Waals surface area contributed by atoms with Gasteiger partial charge in [0.25, 0.3) is 0 Å². The van der Waals surface area contributed by atoms with Crippen molar-refractivity contribution in [3.05, 3.63) is 52.6 Å². The second-order valence-electron chi connectivity index (χ2n) is 5.61. The summed E-state index contributed by atoms with van der Waals surface area (Å²) in [5.41, 5.74) is 2.21. The lowest BCUT2D eigenvalue weighted by atomic mass is 10.1. The maximum absolute atomic E-state index is 12.1. The van der Waals surface area contributed by atoms with Crippen LogP contribution in [0.15, 0.2) is 52.2 Å². The molecule has 3 rings (SSSR count). The Morgan fingerprint density at radius 3 is 2.62 bits per heavy atom. The summed E-state index contributed by atoms with van der Waals surface area (Å²) in [6.07, 6.45) is 1.64. The van der Waals surface area contributed by atoms with Gasteiger partial charge in [0.1, 0.15) is 5.82 Å². The van der Waals surface area contributed by atoms with E-state index in [0.717, 1.165) is 27.6 Å². The highest BCUT2D eigenvalue weighted by Gasteiger charge is 2.14. The summed E-state index contributed by atoms with van der Waals surface area (Å²) < 4.78 is 2.88. The predicted octanol–water partition coefficient (Wildman–Crippen LogP) is 4.16. The molecule has 0 spiro atoms. The molecule has 8 heteroatoms. The molecule has 1 N–H and O–H groups in total. The van der Waals surface area contributed by atoms with E-state index in [0.29, 0.717) is 5.82 Å². The summed E-state index contributed by atoms with van der Waals surface area (Å²) in [5.74, 6) is 1.44. The van der Waals surface area contributed by atoms with Gasteiger partial charge < -0.3 is 9.88 Å². The minimum Gasteiger partial charge on any atom is -0.310 e. The van der Waals surface area contributed by atoms with Gasteiger partial charge >= 0.3 is 0 Å². The lowest BCUT2D eigenvalue weighted by molar-refractivity contribution is -0.113. The van der Waals surface area contributed by atoms with Gasteiger partial charge in [-0.15, -0.1) is 10.2 Å². The van der Waals surface area contributed by atoms with Gasteiger partial charge in [-0.3, -0.25) is 4.79 Å². The van der Waals surface area contributed by atoms with Crippen LogP contribution in [0.4, 0.5) is 5.82 Å². The number of thioether (sulfide) groups is 1. The zero-order valence-corrected chi connectivity index (χ0v) is 16.8. The Bertz CT molecular complexity index is 893. The van der Waals surface area contributed by atoms with Crippen LogP contribution in [0.25, 0.3) is 11.4 Å². The number of anilines is 1. The topological polar surface area (TPSA) is 72.7 Å². The van der Waals surface area contributed by atoms with Crippen LogP contribution in [0.2, 0.25) is 0 Å². The molecule has 2 aromatic heterocycles. The third-order valence-corrected chi connectivity index (χ3v) is 5.11. The quantitative estimate of drug-likeness (QED) is 0.593. The van der Waals surface area contributed by atoms with Crippen LogP contribution in [-0.4, -0.2) is 31.4 Å². The summed E-state index contributed by atoms with van der Waals surface area (Å²) in [7, 11) is 0. The molecular formula is C18H18BrN5OS. The summed E-state index contributed by atoms with van der Waals surface area (Å²) in [5, 5.41) is 12.0. The molecule has 2 heterocycles. The standard InChI is InChI=1S/C18H18BrN5OS/c1-3-24-17(13-6-4-12(2)5-7-13)22-23-18(24)26-11-16(25)21-15-9-8-14(19)10-20-15/h4-10H,3,11H2,1-2H3,(H,20,21,25). The molecular weight excluding hydrogens is 414 g/mol. The summed E-state index contributed by atoms with van der Waals surface area (Å²) in [6, 6.07) is 11.7. The normalized spacial score (nSPS) is 10.7. The molecule has 0 aliphatic heterocycles. The van der Waals surface area contributed by atoms with Crippen molar-refractivity contribution >= 4 is 39.4 Å². The molecule has 0 saturated heterocycles. The zero-order chi connectivity index (χ0) is 18.5. The number of benzene rings is 1. The fourth-order valence-corrected chi connectivity index (χ4v) is 3.39. The van der Waals surface area contributed by atoms with Crippen LogP contribution in [-0.2, 0) is 11.3 Å². The molecule has 0 atom stereocenters. The first-order valence-corrected chi connectivity index (χ1v) is 9.89. The fourth-order valence-electron chi connectivity index (χ4n) is 2.36. The van der Waals surface area contributed by atoms with Gasteiger partial charge in [0, 0.05) is 22.8 Å². The Morgan fingerprint density at radius 1 is 1.19 bits per heavy atom. The number of nitrogens with one attached hydrogen (secondary N) is 1. The van der Waals surface area contributed by atoms with Gasteiger partial charge in [-0.05, 0) is 41.9 Å². The molecule has 1 aromatic carbocycles. The van der Waals surface area contributed by atoms with Gasteiger partial charge in [-0.25, -0.2) is 4.98 Å². The zero-order valence-electron chi connectivity index (χ0n) is 14.4. The number of aromatic nitrogens is 4. The Hall–Kier alpha value is -2.19. The number of amides is 1. The number of nitrogens with zero attached hydrogens (tertiary/aromatic N) is 4. The van der Waals surface area contributed by atoms with E-state index in [1.807, 2.05) is 29.7 Å². The van der Waals surface area contributed by atoms with Gasteiger partial charge in [0.15, 0.2) is 11.0 Å². The second-order valence-corrected chi connectivity index (χ2v) is 7.47. The van der Waals surface area contributed by atoms with E-state index in [2.05, 4.69) is 55.5 Å². The largest absolute Gasteiger partial charge is 0.310 e. The molecule has 0 fully saturated rings. The number of carbonyl (C=O) groups is 1.